The summed E-state index contributed by atoms with van der Waals surface area (Å²) >= 11 is 12.6. The third-order valence-corrected chi connectivity index (χ3v) is 11.0. The molecule has 0 unspecified atom stereocenters. The maximum absolute atomic E-state index is 15.3. The van der Waals surface area contributed by atoms with Gasteiger partial charge in [0, 0.05) is 23.6 Å². The van der Waals surface area contributed by atoms with E-state index in [4.69, 9.17) is 32.7 Å². The van der Waals surface area contributed by atoms with Gasteiger partial charge in [0.2, 0.25) is 11.8 Å². The summed E-state index contributed by atoms with van der Waals surface area (Å²) in [7, 11) is 3.01. The number of amides is 4. The summed E-state index contributed by atoms with van der Waals surface area (Å²) in [5.41, 5.74) is 3.27. The van der Waals surface area contributed by atoms with Gasteiger partial charge in [-0.1, -0.05) is 59.1 Å². The van der Waals surface area contributed by atoms with Crippen LogP contribution < -0.4 is 14.9 Å². The number of para-hydroxylation sites is 1. The van der Waals surface area contributed by atoms with Crippen LogP contribution in [-0.2, 0) is 24.6 Å². The zero-order valence-corrected chi connectivity index (χ0v) is 27.9. The van der Waals surface area contributed by atoms with Crippen LogP contribution in [0.1, 0.15) is 36.8 Å². The first-order valence-electron chi connectivity index (χ1n) is 15.7. The molecular formula is C36H33Cl2N3O7. The number of carbonyl (C=O) groups excluding carboxylic acids is 4. The van der Waals surface area contributed by atoms with E-state index in [-0.39, 0.29) is 47.8 Å². The van der Waals surface area contributed by atoms with Gasteiger partial charge in [-0.05, 0) is 67.6 Å². The van der Waals surface area contributed by atoms with Gasteiger partial charge in [0.1, 0.15) is 5.75 Å². The lowest BCUT2D eigenvalue weighted by Crippen LogP contribution is -2.53. The average molecular weight is 691 g/mol. The average Bonchev–Trinajstić information content (AvgIpc) is 3.43. The van der Waals surface area contributed by atoms with Gasteiger partial charge in [0.05, 0.1) is 47.6 Å². The third kappa shape index (κ3) is 4.53. The Bertz CT molecular complexity index is 1900. The van der Waals surface area contributed by atoms with Crippen molar-refractivity contribution in [1.29, 1.82) is 0 Å². The second-order valence-corrected chi connectivity index (χ2v) is 13.4. The maximum atomic E-state index is 15.3. The van der Waals surface area contributed by atoms with Crippen molar-refractivity contribution >= 4 is 52.5 Å². The predicted octanol–water partition coefficient (Wildman–Crippen LogP) is 5.72. The summed E-state index contributed by atoms with van der Waals surface area (Å²) < 4.78 is 11.2. The number of likely N-dealkylation sites (tertiary alicyclic amines) is 1. The third-order valence-electron chi connectivity index (χ3n) is 10.4. The number of methoxy groups -OCH3 is 1. The molecule has 7 rings (SSSR count). The van der Waals surface area contributed by atoms with E-state index in [1.165, 1.54) is 20.2 Å². The van der Waals surface area contributed by atoms with Crippen molar-refractivity contribution in [3.05, 3.63) is 93.5 Å². The minimum atomic E-state index is -1.59. The van der Waals surface area contributed by atoms with E-state index in [1.807, 2.05) is 6.08 Å². The number of rotatable bonds is 7. The Balaban J connectivity index is 1.49. The summed E-state index contributed by atoms with van der Waals surface area (Å²) in [5, 5.41) is 13.4. The number of fused-ring (bicyclic) bond motifs is 4. The summed E-state index contributed by atoms with van der Waals surface area (Å²) in [6, 6.07) is 16.7. The highest BCUT2D eigenvalue weighted by molar-refractivity contribution is 6.36. The maximum Gasteiger partial charge on any atom is 0.260 e. The molecule has 4 amide bonds. The number of nitrogens with one attached hydrogen (secondary N) is 1. The van der Waals surface area contributed by atoms with Crippen molar-refractivity contribution in [2.75, 3.05) is 26.2 Å². The zero-order valence-electron chi connectivity index (χ0n) is 26.4. The number of hydrogen-bond acceptors (Lipinski definition) is 8. The quantitative estimate of drug-likeness (QED) is 0.238. The summed E-state index contributed by atoms with van der Waals surface area (Å²) in [6.45, 7) is 2.08. The molecule has 2 saturated heterocycles. The first kappa shape index (κ1) is 32.0. The Kier molecular flexibility index (Phi) is 7.91. The van der Waals surface area contributed by atoms with Crippen molar-refractivity contribution in [2.24, 2.45) is 23.7 Å². The molecule has 10 nitrogen and oxygen atoms in total. The van der Waals surface area contributed by atoms with Crippen molar-refractivity contribution in [3.8, 4) is 17.2 Å². The van der Waals surface area contributed by atoms with Gasteiger partial charge in [0.15, 0.2) is 11.5 Å². The van der Waals surface area contributed by atoms with Gasteiger partial charge >= 0.3 is 0 Å². The first-order chi connectivity index (χ1) is 23.0. The van der Waals surface area contributed by atoms with Gasteiger partial charge in [0.25, 0.3) is 11.8 Å². The van der Waals surface area contributed by atoms with Crippen molar-refractivity contribution in [1.82, 2.24) is 9.91 Å². The lowest BCUT2D eigenvalue weighted by Gasteiger charge is -2.50. The molecule has 2 N–H and O–H groups in total. The first-order valence-corrected chi connectivity index (χ1v) is 16.5. The van der Waals surface area contributed by atoms with E-state index in [0.29, 0.717) is 27.6 Å². The number of hydrazine groups is 1. The molecule has 3 aromatic carbocycles. The van der Waals surface area contributed by atoms with Gasteiger partial charge in [-0.2, -0.15) is 5.01 Å². The second-order valence-electron chi connectivity index (χ2n) is 12.6. The van der Waals surface area contributed by atoms with Crippen LogP contribution in [-0.4, -0.2) is 59.4 Å². The number of nitrogens with zero attached hydrogens (tertiary/aromatic N) is 2. The fourth-order valence-corrected chi connectivity index (χ4v) is 8.84. The predicted molar refractivity (Wildman–Crippen MR) is 178 cm³/mol. The van der Waals surface area contributed by atoms with Crippen LogP contribution in [0.4, 0.5) is 5.69 Å². The van der Waals surface area contributed by atoms with Gasteiger partial charge in [-0.25, -0.2) is 0 Å². The van der Waals surface area contributed by atoms with Crippen molar-refractivity contribution in [3.63, 3.8) is 0 Å². The number of phenols is 1. The summed E-state index contributed by atoms with van der Waals surface area (Å²) in [5.74, 6) is -4.85. The van der Waals surface area contributed by atoms with Crippen molar-refractivity contribution < 1.29 is 33.8 Å². The molecule has 2 aliphatic carbocycles. The highest BCUT2D eigenvalue weighted by Gasteiger charge is 2.70. The summed E-state index contributed by atoms with van der Waals surface area (Å²) in [4.78, 5) is 58.0. The molecule has 12 heteroatoms. The number of benzene rings is 3. The Morgan fingerprint density at radius 1 is 0.979 bits per heavy atom. The van der Waals surface area contributed by atoms with Crippen LogP contribution in [0.15, 0.2) is 72.3 Å². The molecule has 1 saturated carbocycles. The standard InChI is InChI=1S/C36H33Cl2N3O7/c1-4-48-28-7-5-6-23(31(28)42)30-21-13-14-22-29(34(45)40(2)32(22)43)24(21)17-25-33(44)41(39-27-15-10-19(37)16-26(27)38)35(46)36(25,30)18-8-11-20(47-3)12-9-18/h5-13,15-16,22,24-25,29-30,39,42H,4,14,17H2,1-3H3/t22-,24+,25-,29-,30+,36+/m0/s1. The Morgan fingerprint density at radius 3 is 2.42 bits per heavy atom. The molecule has 3 fully saturated rings. The number of ether oxygens (including phenoxy) is 2. The smallest absolute Gasteiger partial charge is 0.260 e. The number of anilines is 1. The van der Waals surface area contributed by atoms with E-state index in [2.05, 4.69) is 5.43 Å². The van der Waals surface area contributed by atoms with Crippen LogP contribution in [0, 0.1) is 23.7 Å². The van der Waals surface area contributed by atoms with E-state index in [0.717, 1.165) is 15.5 Å². The molecule has 2 heterocycles. The largest absolute Gasteiger partial charge is 0.504 e. The molecule has 2 aliphatic heterocycles. The Labute approximate surface area is 287 Å². The van der Waals surface area contributed by atoms with E-state index >= 15 is 4.79 Å². The molecule has 248 valence electrons. The number of phenolic OH excluding ortho intramolecular Hbond substituents is 1. The number of carbonyl (C=O) groups is 4. The number of aromatic hydroxyl groups is 1. The molecular weight excluding hydrogens is 657 g/mol. The minimum absolute atomic E-state index is 0.116. The van der Waals surface area contributed by atoms with Crippen LogP contribution in [0.3, 0.4) is 0 Å². The second kappa shape index (κ2) is 11.9. The minimum Gasteiger partial charge on any atom is -0.504 e. The van der Waals surface area contributed by atoms with E-state index < -0.39 is 46.8 Å². The summed E-state index contributed by atoms with van der Waals surface area (Å²) in [6.07, 6.45) is 2.33. The molecule has 0 bridgehead atoms. The lowest BCUT2D eigenvalue weighted by atomic mass is 9.49. The fraction of sp³-hybridized carbons (Fsp3) is 0.333. The lowest BCUT2D eigenvalue weighted by molar-refractivity contribution is -0.140. The van der Waals surface area contributed by atoms with E-state index in [1.54, 1.807) is 61.5 Å². The molecule has 4 aliphatic rings. The molecule has 3 aromatic rings. The van der Waals surface area contributed by atoms with Crippen LogP contribution in [0.5, 0.6) is 17.2 Å². The highest BCUT2D eigenvalue weighted by Crippen LogP contribution is 2.65. The molecule has 6 atom stereocenters. The number of halogens is 2. The number of imide groups is 2. The van der Waals surface area contributed by atoms with Gasteiger partial charge < -0.3 is 14.6 Å². The molecule has 0 aromatic heterocycles. The zero-order chi connectivity index (χ0) is 34.1. The Hall–Kier alpha value is -4.54. The molecule has 0 radical (unpaired) electrons. The van der Waals surface area contributed by atoms with Crippen molar-refractivity contribution in [2.45, 2.75) is 31.1 Å². The SMILES string of the molecule is CCOc1cccc([C@H]2C3=CC[C@@H]4C(=O)N(C)C(=O)[C@@H]4[C@@H]3C[C@H]3C(=O)N(Nc4ccc(Cl)cc4Cl)C(=O)[C@@]23c2ccc(OC)cc2)c1O. The van der Waals surface area contributed by atoms with Crippen LogP contribution >= 0.6 is 23.2 Å². The number of allylic oxidation sites excluding steroid dienone is 2. The van der Waals surface area contributed by atoms with E-state index in [9.17, 15) is 19.5 Å². The Morgan fingerprint density at radius 2 is 1.73 bits per heavy atom. The van der Waals surface area contributed by atoms with Gasteiger partial charge in [-0.3, -0.25) is 29.5 Å². The highest BCUT2D eigenvalue weighted by atomic mass is 35.5. The topological polar surface area (TPSA) is 125 Å². The normalized spacial score (nSPS) is 27.8. The fourth-order valence-electron chi connectivity index (χ4n) is 8.39. The molecule has 48 heavy (non-hydrogen) atoms. The van der Waals surface area contributed by atoms with Crippen LogP contribution in [0.25, 0.3) is 0 Å². The molecule has 0 spiro atoms. The van der Waals surface area contributed by atoms with Gasteiger partial charge in [-0.15, -0.1) is 0 Å². The van der Waals surface area contributed by atoms with Crippen LogP contribution in [0.2, 0.25) is 10.0 Å². The monoisotopic (exact) mass is 689 g/mol. The number of hydrogen-bond donors (Lipinski definition) is 2.